The van der Waals surface area contributed by atoms with E-state index in [1.54, 1.807) is 43.3 Å². The second kappa shape index (κ2) is 5.52. The van der Waals surface area contributed by atoms with Gasteiger partial charge >= 0.3 is 0 Å². The first kappa shape index (κ1) is 13.1. The third kappa shape index (κ3) is 2.73. The quantitative estimate of drug-likeness (QED) is 0.917. The number of benzene rings is 2. The number of amides is 1. The molecule has 0 saturated heterocycles. The van der Waals surface area contributed by atoms with E-state index in [4.69, 9.17) is 4.74 Å². The highest BCUT2D eigenvalue weighted by molar-refractivity contribution is 6.06. The van der Waals surface area contributed by atoms with Gasteiger partial charge < -0.3 is 10.1 Å². The average molecular weight is 259 g/mol. The van der Waals surface area contributed by atoms with Crippen molar-refractivity contribution in [3.8, 4) is 5.75 Å². The minimum atomic E-state index is -0.425. The first-order valence-electron chi connectivity index (χ1n) is 5.83. The van der Waals surface area contributed by atoms with Crippen molar-refractivity contribution in [1.29, 1.82) is 0 Å². The smallest absolute Gasteiger partial charge is 0.259 e. The lowest BCUT2D eigenvalue weighted by Crippen LogP contribution is -2.14. The average Bonchev–Trinajstić information content (AvgIpc) is 2.43. The van der Waals surface area contributed by atoms with Crippen LogP contribution in [0.25, 0.3) is 0 Å². The van der Waals surface area contributed by atoms with Crippen molar-refractivity contribution >= 4 is 11.6 Å². The van der Waals surface area contributed by atoms with Gasteiger partial charge in [0.25, 0.3) is 5.91 Å². The highest BCUT2D eigenvalue weighted by atomic mass is 19.1. The van der Waals surface area contributed by atoms with E-state index < -0.39 is 11.7 Å². The van der Waals surface area contributed by atoms with Crippen LogP contribution >= 0.6 is 0 Å². The summed E-state index contributed by atoms with van der Waals surface area (Å²) in [5.41, 5.74) is 1.01. The maximum Gasteiger partial charge on any atom is 0.259 e. The first-order valence-corrected chi connectivity index (χ1v) is 5.83. The molecule has 1 amide bonds. The van der Waals surface area contributed by atoms with E-state index >= 15 is 0 Å². The van der Waals surface area contributed by atoms with Crippen molar-refractivity contribution in [3.63, 3.8) is 0 Å². The summed E-state index contributed by atoms with van der Waals surface area (Å²) in [5, 5.41) is 2.55. The molecule has 19 heavy (non-hydrogen) atoms. The number of carbonyl (C=O) groups excluding carboxylic acids is 1. The summed E-state index contributed by atoms with van der Waals surface area (Å²) in [6.45, 7) is 1.65. The van der Waals surface area contributed by atoms with Gasteiger partial charge in [-0.05, 0) is 30.7 Å². The third-order valence-corrected chi connectivity index (χ3v) is 2.79. The largest absolute Gasteiger partial charge is 0.496 e. The predicted molar refractivity (Wildman–Crippen MR) is 72.1 cm³/mol. The maximum atomic E-state index is 13.8. The zero-order valence-electron chi connectivity index (χ0n) is 10.7. The Morgan fingerprint density at radius 2 is 1.89 bits per heavy atom. The van der Waals surface area contributed by atoms with Gasteiger partial charge in [0, 0.05) is 0 Å². The summed E-state index contributed by atoms with van der Waals surface area (Å²) in [4.78, 5) is 12.1. The molecule has 0 aliphatic rings. The van der Waals surface area contributed by atoms with Gasteiger partial charge in [-0.1, -0.05) is 24.3 Å². The zero-order chi connectivity index (χ0) is 13.8. The van der Waals surface area contributed by atoms with Crippen molar-refractivity contribution < 1.29 is 13.9 Å². The van der Waals surface area contributed by atoms with Crippen molar-refractivity contribution in [3.05, 3.63) is 59.4 Å². The lowest BCUT2D eigenvalue weighted by molar-refractivity contribution is 0.102. The number of nitrogens with one attached hydrogen (secondary N) is 1. The number of methoxy groups -OCH3 is 1. The van der Waals surface area contributed by atoms with Crippen LogP contribution in [0.1, 0.15) is 15.9 Å². The number of para-hydroxylation sites is 1. The molecule has 0 aliphatic heterocycles. The monoisotopic (exact) mass is 259 g/mol. The Morgan fingerprint density at radius 3 is 2.63 bits per heavy atom. The third-order valence-electron chi connectivity index (χ3n) is 2.79. The summed E-state index contributed by atoms with van der Waals surface area (Å²) in [6, 6.07) is 11.7. The summed E-state index contributed by atoms with van der Waals surface area (Å²) in [6.07, 6.45) is 0. The fraction of sp³-hybridized carbons (Fsp3) is 0.133. The van der Waals surface area contributed by atoms with E-state index in [0.717, 1.165) is 0 Å². The molecule has 4 heteroatoms. The Bertz CT molecular complexity index is 611. The van der Waals surface area contributed by atoms with Gasteiger partial charge in [-0.15, -0.1) is 0 Å². The highest BCUT2D eigenvalue weighted by Gasteiger charge is 2.14. The molecule has 0 bridgehead atoms. The molecule has 0 atom stereocenters. The Hall–Kier alpha value is -2.36. The van der Waals surface area contributed by atoms with Crippen molar-refractivity contribution in [2.75, 3.05) is 12.4 Å². The van der Waals surface area contributed by atoms with Gasteiger partial charge in [0.15, 0.2) is 0 Å². The van der Waals surface area contributed by atoms with Crippen LogP contribution in [-0.4, -0.2) is 13.0 Å². The fourth-order valence-corrected chi connectivity index (χ4v) is 1.77. The molecular formula is C15H14FNO2. The Kier molecular flexibility index (Phi) is 3.80. The standard InChI is InChI=1S/C15H14FNO2/c1-10-6-5-8-12(14(10)16)17-15(18)11-7-3-4-9-13(11)19-2/h3-9H,1-2H3,(H,17,18). The molecule has 3 nitrogen and oxygen atoms in total. The summed E-state index contributed by atoms with van der Waals surface area (Å²) < 4.78 is 18.9. The summed E-state index contributed by atoms with van der Waals surface area (Å²) in [5.74, 6) is -0.374. The van der Waals surface area contributed by atoms with Gasteiger partial charge in [0.05, 0.1) is 18.4 Å². The van der Waals surface area contributed by atoms with Crippen molar-refractivity contribution in [2.45, 2.75) is 6.92 Å². The molecule has 2 aromatic rings. The van der Waals surface area contributed by atoms with Gasteiger partial charge in [0.1, 0.15) is 11.6 Å². The van der Waals surface area contributed by atoms with Crippen LogP contribution in [0.5, 0.6) is 5.75 Å². The van der Waals surface area contributed by atoms with E-state index in [1.165, 1.54) is 13.2 Å². The van der Waals surface area contributed by atoms with Crippen LogP contribution < -0.4 is 10.1 Å². The molecule has 2 rings (SSSR count). The van der Waals surface area contributed by atoms with Crippen molar-refractivity contribution in [1.82, 2.24) is 0 Å². The molecule has 0 heterocycles. The minimum absolute atomic E-state index is 0.163. The normalized spacial score (nSPS) is 10.1. The minimum Gasteiger partial charge on any atom is -0.496 e. The van der Waals surface area contributed by atoms with E-state index in [1.807, 2.05) is 0 Å². The molecule has 98 valence electrons. The molecule has 0 aromatic heterocycles. The number of anilines is 1. The predicted octanol–water partition coefficient (Wildman–Crippen LogP) is 3.40. The number of carbonyl (C=O) groups is 1. The van der Waals surface area contributed by atoms with E-state index in [-0.39, 0.29) is 5.69 Å². The lowest BCUT2D eigenvalue weighted by Gasteiger charge is -2.10. The van der Waals surface area contributed by atoms with E-state index in [2.05, 4.69) is 5.32 Å². The number of aryl methyl sites for hydroxylation is 1. The number of halogens is 1. The van der Waals surface area contributed by atoms with E-state index in [0.29, 0.717) is 16.9 Å². The van der Waals surface area contributed by atoms with Crippen LogP contribution in [-0.2, 0) is 0 Å². The van der Waals surface area contributed by atoms with Gasteiger partial charge in [-0.3, -0.25) is 4.79 Å². The van der Waals surface area contributed by atoms with Crippen LogP contribution in [0.2, 0.25) is 0 Å². The Labute approximate surface area is 111 Å². The van der Waals surface area contributed by atoms with Gasteiger partial charge in [0.2, 0.25) is 0 Å². The Balaban J connectivity index is 2.28. The molecule has 0 spiro atoms. The van der Waals surface area contributed by atoms with Crippen LogP contribution in [0, 0.1) is 12.7 Å². The molecule has 0 saturated carbocycles. The second-order valence-corrected chi connectivity index (χ2v) is 4.09. The van der Waals surface area contributed by atoms with E-state index in [9.17, 15) is 9.18 Å². The SMILES string of the molecule is COc1ccccc1C(=O)Nc1cccc(C)c1F. The summed E-state index contributed by atoms with van der Waals surface area (Å²) >= 11 is 0. The Morgan fingerprint density at radius 1 is 1.16 bits per heavy atom. The number of rotatable bonds is 3. The number of ether oxygens (including phenoxy) is 1. The van der Waals surface area contributed by atoms with Gasteiger partial charge in [-0.25, -0.2) is 4.39 Å². The number of hydrogen-bond donors (Lipinski definition) is 1. The van der Waals surface area contributed by atoms with Crippen LogP contribution in [0.3, 0.4) is 0 Å². The first-order chi connectivity index (χ1) is 9.13. The number of hydrogen-bond acceptors (Lipinski definition) is 2. The van der Waals surface area contributed by atoms with Crippen LogP contribution in [0.15, 0.2) is 42.5 Å². The second-order valence-electron chi connectivity index (χ2n) is 4.09. The van der Waals surface area contributed by atoms with Crippen molar-refractivity contribution in [2.24, 2.45) is 0 Å². The molecule has 0 radical (unpaired) electrons. The molecule has 1 N–H and O–H groups in total. The molecular weight excluding hydrogens is 245 g/mol. The molecule has 0 aliphatic carbocycles. The topological polar surface area (TPSA) is 38.3 Å². The molecule has 0 unspecified atom stereocenters. The molecule has 2 aromatic carbocycles. The fourth-order valence-electron chi connectivity index (χ4n) is 1.77. The highest BCUT2D eigenvalue weighted by Crippen LogP contribution is 2.21. The molecule has 0 fully saturated rings. The maximum absolute atomic E-state index is 13.8. The zero-order valence-corrected chi connectivity index (χ0v) is 10.7. The van der Waals surface area contributed by atoms with Gasteiger partial charge in [-0.2, -0.15) is 0 Å². The van der Waals surface area contributed by atoms with Crippen LogP contribution in [0.4, 0.5) is 10.1 Å². The lowest BCUT2D eigenvalue weighted by atomic mass is 10.1. The summed E-state index contributed by atoms with van der Waals surface area (Å²) in [7, 11) is 1.49.